The molecule has 0 fully saturated rings. The zero-order chi connectivity index (χ0) is 34.9. The summed E-state index contributed by atoms with van der Waals surface area (Å²) in [6.07, 6.45) is 0. The second kappa shape index (κ2) is 21.5. The molecular weight excluding hydrogens is 727 g/mol. The highest BCUT2D eigenvalue weighted by Gasteiger charge is 2.27. The number of nitrogens with two attached hydrogens (primary N) is 2. The van der Waals surface area contributed by atoms with Gasteiger partial charge in [-0.3, -0.25) is 19.2 Å². The predicted octanol–water partition coefficient (Wildman–Crippen LogP) is 2.30. The standard InChI is InChI=1S/C28H35N5O8S6/c1-40-25(36)21(13-44-46-27(38)17(29)11-42)32-23(34)15-7-3-5-9-19(15)31-20-10-6-4-8-16(20)24(35)33-22(26(37)41-2)14-45-47-28(39)18(30)12-43/h3-10,17-18,21-22,31,42-43H,11-14,29-30H2,1-2H3,(H,32,34)(H,33,35)/t17-,18-,21?,22?/m0/s1. The monoisotopic (exact) mass is 761 g/mol. The van der Waals surface area contributed by atoms with Crippen LogP contribution in [0.3, 0.4) is 0 Å². The third kappa shape index (κ3) is 13.1. The van der Waals surface area contributed by atoms with Gasteiger partial charge in [0, 0.05) is 23.0 Å². The number of nitrogens with one attached hydrogen (secondary N) is 3. The maximum atomic E-state index is 13.4. The summed E-state index contributed by atoms with van der Waals surface area (Å²) in [5.41, 5.74) is 12.3. The van der Waals surface area contributed by atoms with E-state index in [4.69, 9.17) is 20.9 Å². The molecule has 2 aromatic carbocycles. The van der Waals surface area contributed by atoms with Crippen LogP contribution in [0.15, 0.2) is 48.5 Å². The van der Waals surface area contributed by atoms with Gasteiger partial charge < -0.3 is 36.9 Å². The fraction of sp³-hybridized carbons (Fsp3) is 0.357. The van der Waals surface area contributed by atoms with Crippen molar-refractivity contribution in [3.8, 4) is 0 Å². The Bertz CT molecular complexity index is 1320. The third-order valence-corrected chi connectivity index (χ3v) is 11.3. The molecule has 0 aromatic heterocycles. The SMILES string of the molecule is COC(=O)C(CSSC(=O)[C@@H](N)CS)NC(=O)c1ccccc1Nc1ccccc1C(=O)NC(CSSC(=O)[C@@H](N)CS)C(=O)OC. The fourth-order valence-electron chi connectivity index (χ4n) is 3.41. The number of benzene rings is 2. The molecule has 2 unspecified atom stereocenters. The van der Waals surface area contributed by atoms with Gasteiger partial charge in [-0.05, 0) is 45.9 Å². The van der Waals surface area contributed by atoms with Crippen LogP contribution in [0.1, 0.15) is 20.7 Å². The van der Waals surface area contributed by atoms with Crippen LogP contribution >= 0.6 is 68.4 Å². The van der Waals surface area contributed by atoms with E-state index in [1.807, 2.05) is 0 Å². The number of carbonyl (C=O) groups is 6. The van der Waals surface area contributed by atoms with Gasteiger partial charge in [0.25, 0.3) is 11.8 Å². The molecule has 47 heavy (non-hydrogen) atoms. The summed E-state index contributed by atoms with van der Waals surface area (Å²) >= 11 is 8.01. The molecule has 0 aliphatic heterocycles. The van der Waals surface area contributed by atoms with E-state index in [1.165, 1.54) is 26.4 Å². The Labute approximate surface area is 298 Å². The molecule has 0 aliphatic carbocycles. The van der Waals surface area contributed by atoms with E-state index in [1.54, 1.807) is 36.4 Å². The largest absolute Gasteiger partial charge is 0.467 e. The molecule has 2 amide bonds. The van der Waals surface area contributed by atoms with Gasteiger partial charge in [0.15, 0.2) is 0 Å². The number of methoxy groups -OCH3 is 2. The Balaban J connectivity index is 2.21. The molecule has 4 atom stereocenters. The van der Waals surface area contributed by atoms with Crippen LogP contribution in [0.4, 0.5) is 11.4 Å². The van der Waals surface area contributed by atoms with E-state index in [9.17, 15) is 28.8 Å². The molecule has 0 saturated heterocycles. The Morgan fingerprint density at radius 2 is 1.04 bits per heavy atom. The van der Waals surface area contributed by atoms with Crippen molar-refractivity contribution >= 4 is 114 Å². The predicted molar refractivity (Wildman–Crippen MR) is 196 cm³/mol. The highest BCUT2D eigenvalue weighted by Crippen LogP contribution is 2.28. The average Bonchev–Trinajstić information content (AvgIpc) is 3.09. The Kier molecular flexibility index (Phi) is 18.6. The quantitative estimate of drug-likeness (QED) is 0.0661. The van der Waals surface area contributed by atoms with Crippen LogP contribution < -0.4 is 27.4 Å². The smallest absolute Gasteiger partial charge is 0.329 e. The van der Waals surface area contributed by atoms with Crippen LogP contribution in [0.25, 0.3) is 0 Å². The molecule has 0 heterocycles. The number of carbonyl (C=O) groups excluding carboxylic acids is 6. The highest BCUT2D eigenvalue weighted by atomic mass is 33.1. The molecular formula is C28H35N5O8S6. The lowest BCUT2D eigenvalue weighted by Crippen LogP contribution is -2.43. The van der Waals surface area contributed by atoms with Crippen molar-refractivity contribution in [3.63, 3.8) is 0 Å². The van der Waals surface area contributed by atoms with Crippen molar-refractivity contribution in [1.82, 2.24) is 10.6 Å². The van der Waals surface area contributed by atoms with Gasteiger partial charge in [-0.15, -0.1) is 0 Å². The molecule has 19 heteroatoms. The Morgan fingerprint density at radius 3 is 1.38 bits per heavy atom. The van der Waals surface area contributed by atoms with Crippen LogP contribution in [0.5, 0.6) is 0 Å². The molecule has 0 aliphatic rings. The van der Waals surface area contributed by atoms with Gasteiger partial charge >= 0.3 is 11.9 Å². The zero-order valence-corrected chi connectivity index (χ0v) is 30.3. The second-order valence-electron chi connectivity index (χ2n) is 9.27. The lowest BCUT2D eigenvalue weighted by Gasteiger charge is -2.19. The Morgan fingerprint density at radius 1 is 0.681 bits per heavy atom. The number of hydrogen-bond acceptors (Lipinski definition) is 17. The molecule has 0 bridgehead atoms. The highest BCUT2D eigenvalue weighted by molar-refractivity contribution is 8.82. The first-order valence-corrected chi connectivity index (χ1v) is 19.5. The summed E-state index contributed by atoms with van der Waals surface area (Å²) in [4.78, 5) is 75.7. The maximum absolute atomic E-state index is 13.4. The Hall–Kier alpha value is -2.52. The first-order chi connectivity index (χ1) is 22.5. The minimum Gasteiger partial charge on any atom is -0.467 e. The van der Waals surface area contributed by atoms with Crippen molar-refractivity contribution in [3.05, 3.63) is 59.7 Å². The zero-order valence-electron chi connectivity index (χ0n) is 25.2. The van der Waals surface area contributed by atoms with E-state index in [0.717, 1.165) is 43.2 Å². The number of hydrogen-bond donors (Lipinski definition) is 7. The van der Waals surface area contributed by atoms with Crippen molar-refractivity contribution in [2.24, 2.45) is 11.5 Å². The van der Waals surface area contributed by atoms with Gasteiger partial charge in [-0.25, -0.2) is 9.59 Å². The van der Waals surface area contributed by atoms with Gasteiger partial charge in [-0.1, -0.05) is 45.9 Å². The molecule has 7 N–H and O–H groups in total. The van der Waals surface area contributed by atoms with Gasteiger partial charge in [-0.2, -0.15) is 25.3 Å². The number of rotatable bonds is 18. The lowest BCUT2D eigenvalue weighted by atomic mass is 10.1. The van der Waals surface area contributed by atoms with Crippen molar-refractivity contribution in [2.45, 2.75) is 24.2 Å². The molecule has 256 valence electrons. The molecule has 0 spiro atoms. The fourth-order valence-corrected chi connectivity index (χ4v) is 8.15. The molecule has 13 nitrogen and oxygen atoms in total. The maximum Gasteiger partial charge on any atom is 0.329 e. The average molecular weight is 762 g/mol. The number of ether oxygens (including phenoxy) is 2. The summed E-state index contributed by atoms with van der Waals surface area (Å²) in [5, 5.41) is 7.70. The summed E-state index contributed by atoms with van der Waals surface area (Å²) in [5.74, 6) is -2.31. The minimum absolute atomic E-state index is 0.0149. The van der Waals surface area contributed by atoms with Crippen LogP contribution in [-0.2, 0) is 28.7 Å². The molecule has 2 aromatic rings. The number of para-hydroxylation sites is 2. The van der Waals surface area contributed by atoms with E-state index in [2.05, 4.69) is 41.2 Å². The summed E-state index contributed by atoms with van der Waals surface area (Å²) in [6.45, 7) is 0. The third-order valence-electron chi connectivity index (χ3n) is 5.95. The first-order valence-electron chi connectivity index (χ1n) is 13.6. The van der Waals surface area contributed by atoms with E-state index in [-0.39, 0.29) is 44.4 Å². The first kappa shape index (κ1) is 40.7. The summed E-state index contributed by atoms with van der Waals surface area (Å²) in [6, 6.07) is 9.13. The summed E-state index contributed by atoms with van der Waals surface area (Å²) < 4.78 is 9.66. The van der Waals surface area contributed by atoms with E-state index in [0.29, 0.717) is 11.4 Å². The number of esters is 2. The number of anilines is 2. The van der Waals surface area contributed by atoms with Crippen LogP contribution in [0.2, 0.25) is 0 Å². The number of amides is 2. The van der Waals surface area contributed by atoms with Crippen molar-refractivity contribution in [1.29, 1.82) is 0 Å². The number of thiol groups is 2. The summed E-state index contributed by atoms with van der Waals surface area (Å²) in [7, 11) is 6.14. The second-order valence-corrected chi connectivity index (χ2v) is 14.7. The van der Waals surface area contributed by atoms with E-state index < -0.39 is 47.9 Å². The topological polar surface area (TPSA) is 209 Å². The van der Waals surface area contributed by atoms with Crippen molar-refractivity contribution < 1.29 is 38.2 Å². The van der Waals surface area contributed by atoms with Gasteiger partial charge in [0.05, 0.1) is 48.8 Å². The molecule has 0 radical (unpaired) electrons. The molecule has 0 saturated carbocycles. The minimum atomic E-state index is -1.09. The van der Waals surface area contributed by atoms with E-state index >= 15 is 0 Å². The van der Waals surface area contributed by atoms with Gasteiger partial charge in [0.1, 0.15) is 12.1 Å². The lowest BCUT2D eigenvalue weighted by molar-refractivity contribution is -0.143. The van der Waals surface area contributed by atoms with Gasteiger partial charge in [0.2, 0.25) is 10.2 Å². The van der Waals surface area contributed by atoms with Crippen LogP contribution in [0, 0.1) is 0 Å². The molecule has 2 rings (SSSR count). The van der Waals surface area contributed by atoms with Crippen LogP contribution in [-0.4, -0.2) is 95.4 Å². The van der Waals surface area contributed by atoms with Crippen molar-refractivity contribution in [2.75, 3.05) is 42.5 Å². The normalized spacial score (nSPS) is 13.3.